The minimum atomic E-state index is -0.546. The van der Waals surface area contributed by atoms with Crippen LogP contribution in [0, 0.1) is 5.41 Å². The van der Waals surface area contributed by atoms with Gasteiger partial charge in [0.25, 0.3) is 0 Å². The maximum absolute atomic E-state index is 12.7. The van der Waals surface area contributed by atoms with E-state index >= 15 is 0 Å². The molecule has 100 valence electrons. The van der Waals surface area contributed by atoms with Gasteiger partial charge in [-0.1, -0.05) is 19.9 Å². The largest absolute Gasteiger partial charge is 0.299 e. The molecule has 1 aliphatic heterocycles. The summed E-state index contributed by atoms with van der Waals surface area (Å²) >= 11 is 0. The van der Waals surface area contributed by atoms with Gasteiger partial charge in [-0.15, -0.1) is 0 Å². The normalized spacial score (nSPS) is 28.9. The number of likely N-dealkylation sites (N-methyl/N-ethyl adjacent to an activating group) is 1. The molecule has 0 bridgehead atoms. The Morgan fingerprint density at radius 3 is 2.74 bits per heavy atom. The van der Waals surface area contributed by atoms with Gasteiger partial charge in [0.1, 0.15) is 11.6 Å². The van der Waals surface area contributed by atoms with Crippen molar-refractivity contribution in [1.29, 1.82) is 0 Å². The fourth-order valence-electron chi connectivity index (χ4n) is 3.59. The molecular weight excluding hydrogens is 240 g/mol. The number of Topliss-reactive ketones (excluding diaryl/α,β-unsaturated/α-hetero) is 1. The average molecular weight is 258 g/mol. The van der Waals surface area contributed by atoms with Crippen molar-refractivity contribution >= 4 is 17.5 Å². The Kier molecular flexibility index (Phi) is 2.37. The van der Waals surface area contributed by atoms with Gasteiger partial charge in [0.2, 0.25) is 5.91 Å². The first kappa shape index (κ1) is 12.3. The zero-order valence-corrected chi connectivity index (χ0v) is 11.6. The van der Waals surface area contributed by atoms with Crippen LogP contribution in [0.5, 0.6) is 0 Å². The van der Waals surface area contributed by atoms with Crippen molar-refractivity contribution in [3.8, 4) is 0 Å². The quantitative estimate of drug-likeness (QED) is 0.716. The van der Waals surface area contributed by atoms with E-state index in [2.05, 4.69) is 4.98 Å². The molecule has 19 heavy (non-hydrogen) atoms. The number of carbonyl (C=O) groups excluding carboxylic acids is 2. The van der Waals surface area contributed by atoms with Crippen LogP contribution >= 0.6 is 0 Å². The predicted molar refractivity (Wildman–Crippen MR) is 72.0 cm³/mol. The smallest absolute Gasteiger partial charge is 0.238 e. The maximum Gasteiger partial charge on any atom is 0.238 e. The highest BCUT2D eigenvalue weighted by Gasteiger charge is 2.56. The molecule has 0 aromatic carbocycles. The van der Waals surface area contributed by atoms with Crippen LogP contribution in [0.3, 0.4) is 0 Å². The van der Waals surface area contributed by atoms with Crippen LogP contribution in [-0.4, -0.2) is 23.7 Å². The number of anilines is 1. The van der Waals surface area contributed by atoms with Gasteiger partial charge >= 0.3 is 0 Å². The van der Waals surface area contributed by atoms with E-state index in [4.69, 9.17) is 0 Å². The number of ketones is 1. The SMILES string of the molecule is CN1C(=O)C2(CCC(=O)C(C)(C)C2)c2cccnc21. The van der Waals surface area contributed by atoms with Crippen molar-refractivity contribution in [3.63, 3.8) is 0 Å². The van der Waals surface area contributed by atoms with E-state index in [-0.39, 0.29) is 11.7 Å². The number of hydrogen-bond acceptors (Lipinski definition) is 3. The number of aromatic nitrogens is 1. The summed E-state index contributed by atoms with van der Waals surface area (Å²) in [7, 11) is 1.77. The van der Waals surface area contributed by atoms with Gasteiger partial charge < -0.3 is 0 Å². The zero-order valence-electron chi connectivity index (χ0n) is 11.6. The third-order valence-corrected chi connectivity index (χ3v) is 4.61. The molecule has 0 N–H and O–H groups in total. The lowest BCUT2D eigenvalue weighted by Crippen LogP contribution is -2.47. The molecule has 1 unspecified atom stereocenters. The minimum absolute atomic E-state index is 0.0850. The Hall–Kier alpha value is -1.71. The van der Waals surface area contributed by atoms with E-state index in [0.717, 1.165) is 11.4 Å². The molecule has 1 saturated carbocycles. The van der Waals surface area contributed by atoms with Crippen LogP contribution in [0.15, 0.2) is 18.3 Å². The summed E-state index contributed by atoms with van der Waals surface area (Å²) in [6.07, 6.45) is 3.37. The van der Waals surface area contributed by atoms with Gasteiger partial charge in [0.05, 0.1) is 5.41 Å². The van der Waals surface area contributed by atoms with Crippen LogP contribution in [0.2, 0.25) is 0 Å². The molecule has 1 aliphatic carbocycles. The molecule has 1 fully saturated rings. The summed E-state index contributed by atoms with van der Waals surface area (Å²) in [5.74, 6) is 1.09. The van der Waals surface area contributed by atoms with Crippen molar-refractivity contribution in [3.05, 3.63) is 23.9 Å². The van der Waals surface area contributed by atoms with E-state index in [1.54, 1.807) is 18.1 Å². The topological polar surface area (TPSA) is 50.3 Å². The first-order valence-corrected chi connectivity index (χ1v) is 6.65. The predicted octanol–water partition coefficient (Wildman–Crippen LogP) is 2.08. The van der Waals surface area contributed by atoms with Gasteiger partial charge in [0, 0.05) is 30.6 Å². The first-order valence-electron chi connectivity index (χ1n) is 6.65. The van der Waals surface area contributed by atoms with E-state index < -0.39 is 10.8 Å². The molecule has 1 atom stereocenters. The molecule has 1 amide bonds. The van der Waals surface area contributed by atoms with Crippen LogP contribution < -0.4 is 4.90 Å². The van der Waals surface area contributed by atoms with Crippen molar-refractivity contribution in [2.45, 2.75) is 38.5 Å². The van der Waals surface area contributed by atoms with E-state index in [9.17, 15) is 9.59 Å². The lowest BCUT2D eigenvalue weighted by Gasteiger charge is -2.40. The molecular formula is C15H18N2O2. The number of fused-ring (bicyclic) bond motifs is 2. The van der Waals surface area contributed by atoms with Crippen LogP contribution in [-0.2, 0) is 15.0 Å². The lowest BCUT2D eigenvalue weighted by atomic mass is 9.61. The van der Waals surface area contributed by atoms with Gasteiger partial charge in [-0.2, -0.15) is 0 Å². The average Bonchev–Trinajstić information content (AvgIpc) is 2.58. The minimum Gasteiger partial charge on any atom is -0.299 e. The van der Waals surface area contributed by atoms with Crippen molar-refractivity contribution in [2.75, 3.05) is 11.9 Å². The van der Waals surface area contributed by atoms with Crippen molar-refractivity contribution < 1.29 is 9.59 Å². The Morgan fingerprint density at radius 2 is 2.05 bits per heavy atom. The number of rotatable bonds is 0. The fraction of sp³-hybridized carbons (Fsp3) is 0.533. The summed E-state index contributed by atoms with van der Waals surface area (Å²) in [5, 5.41) is 0. The van der Waals surface area contributed by atoms with Crippen LogP contribution in [0.1, 0.15) is 38.7 Å². The lowest BCUT2D eigenvalue weighted by molar-refractivity contribution is -0.135. The van der Waals surface area contributed by atoms with Gasteiger partial charge in [-0.05, 0) is 18.9 Å². The second-order valence-corrected chi connectivity index (χ2v) is 6.30. The van der Waals surface area contributed by atoms with Gasteiger partial charge in [0.15, 0.2) is 0 Å². The summed E-state index contributed by atoms with van der Waals surface area (Å²) in [6.45, 7) is 3.88. The molecule has 2 heterocycles. The highest BCUT2D eigenvalue weighted by Crippen LogP contribution is 2.52. The van der Waals surface area contributed by atoms with Crippen LogP contribution in [0.4, 0.5) is 5.82 Å². The molecule has 2 aliphatic rings. The summed E-state index contributed by atoms with van der Waals surface area (Å²) in [5.41, 5.74) is 0.00479. The van der Waals surface area contributed by atoms with Crippen LogP contribution in [0.25, 0.3) is 0 Å². The molecule has 3 rings (SSSR count). The van der Waals surface area contributed by atoms with Gasteiger partial charge in [-0.3, -0.25) is 14.5 Å². The maximum atomic E-state index is 12.7. The van der Waals surface area contributed by atoms with E-state index in [1.165, 1.54) is 0 Å². The number of nitrogens with zero attached hydrogens (tertiary/aromatic N) is 2. The molecule has 0 radical (unpaired) electrons. The molecule has 1 aromatic rings. The molecule has 1 spiro atoms. The molecule has 1 aromatic heterocycles. The highest BCUT2D eigenvalue weighted by atomic mass is 16.2. The number of carbonyl (C=O) groups is 2. The van der Waals surface area contributed by atoms with E-state index in [1.807, 2.05) is 26.0 Å². The third kappa shape index (κ3) is 1.49. The number of amides is 1. The number of hydrogen-bond donors (Lipinski definition) is 0. The Balaban J connectivity index is 2.15. The van der Waals surface area contributed by atoms with Gasteiger partial charge in [-0.25, -0.2) is 4.98 Å². The summed E-state index contributed by atoms with van der Waals surface area (Å²) < 4.78 is 0. The third-order valence-electron chi connectivity index (χ3n) is 4.61. The van der Waals surface area contributed by atoms with Crippen molar-refractivity contribution in [1.82, 2.24) is 4.98 Å². The van der Waals surface area contributed by atoms with E-state index in [0.29, 0.717) is 19.3 Å². The monoisotopic (exact) mass is 258 g/mol. The molecule has 0 saturated heterocycles. The first-order chi connectivity index (χ1) is 8.88. The highest BCUT2D eigenvalue weighted by molar-refractivity contribution is 6.08. The Morgan fingerprint density at radius 1 is 1.32 bits per heavy atom. The second-order valence-electron chi connectivity index (χ2n) is 6.30. The standard InChI is InChI=1S/C15H18N2O2/c1-14(2)9-15(7-6-11(14)18)10-5-4-8-16-12(10)17(3)13(15)19/h4-5,8H,6-7,9H2,1-3H3. The molecule has 4 heteroatoms. The summed E-state index contributed by atoms with van der Waals surface area (Å²) in [4.78, 5) is 30.7. The Labute approximate surface area is 112 Å². The number of pyridine rings is 1. The second kappa shape index (κ2) is 3.65. The fourth-order valence-corrected chi connectivity index (χ4v) is 3.59. The Bertz CT molecular complexity index is 579. The zero-order chi connectivity index (χ0) is 13.8. The summed E-state index contributed by atoms with van der Waals surface area (Å²) in [6, 6.07) is 3.85. The van der Waals surface area contributed by atoms with Crippen molar-refractivity contribution in [2.24, 2.45) is 5.41 Å². The molecule has 4 nitrogen and oxygen atoms in total.